The molecule has 0 spiro atoms. The van der Waals surface area contributed by atoms with Crippen molar-refractivity contribution in [2.75, 3.05) is 19.6 Å². The summed E-state index contributed by atoms with van der Waals surface area (Å²) in [7, 11) is 0. The topological polar surface area (TPSA) is 46.3 Å². The van der Waals surface area contributed by atoms with E-state index in [1.165, 1.54) is 0 Å². The molecule has 1 atom stereocenters. The van der Waals surface area contributed by atoms with Crippen LogP contribution in [0.1, 0.15) is 23.7 Å². The fraction of sp³-hybridized carbons (Fsp3) is 0.462. The van der Waals surface area contributed by atoms with Gasteiger partial charge in [-0.2, -0.15) is 0 Å². The van der Waals surface area contributed by atoms with Crippen LogP contribution >= 0.6 is 46.6 Å². The Morgan fingerprint density at radius 3 is 2.79 bits per heavy atom. The van der Waals surface area contributed by atoms with Crippen molar-refractivity contribution in [1.82, 2.24) is 4.90 Å². The van der Waals surface area contributed by atoms with E-state index >= 15 is 0 Å². The highest BCUT2D eigenvalue weighted by molar-refractivity contribution is 14.1. The molecule has 1 unspecified atom stereocenters. The molecule has 1 fully saturated rings. The number of hydrogen-bond acceptors (Lipinski definition) is 2. The zero-order valence-corrected chi connectivity index (χ0v) is 14.4. The lowest BCUT2D eigenvalue weighted by atomic mass is 9.90. The molecule has 1 aliphatic rings. The summed E-state index contributed by atoms with van der Waals surface area (Å²) in [6, 6.07) is 5.51. The lowest BCUT2D eigenvalue weighted by molar-refractivity contribution is 0.0777. The van der Waals surface area contributed by atoms with Crippen molar-refractivity contribution in [2.24, 2.45) is 11.1 Å². The molecular weight excluding hydrogens is 398 g/mol. The van der Waals surface area contributed by atoms with Gasteiger partial charge in [0.2, 0.25) is 0 Å². The van der Waals surface area contributed by atoms with Crippen LogP contribution < -0.4 is 5.73 Å². The Morgan fingerprint density at radius 2 is 2.26 bits per heavy atom. The minimum atomic E-state index is 0. The van der Waals surface area contributed by atoms with Crippen LogP contribution in [0.5, 0.6) is 0 Å². The Balaban J connectivity index is 0.00000180. The number of benzene rings is 1. The smallest absolute Gasteiger partial charge is 0.255 e. The molecular formula is C13H17Cl2IN2O. The number of nitrogens with zero attached hydrogens (tertiary/aromatic N) is 1. The van der Waals surface area contributed by atoms with Gasteiger partial charge in [0.15, 0.2) is 0 Å². The van der Waals surface area contributed by atoms with Crippen molar-refractivity contribution in [3.63, 3.8) is 0 Å². The van der Waals surface area contributed by atoms with E-state index in [2.05, 4.69) is 29.5 Å². The Kier molecular flexibility index (Phi) is 5.92. The van der Waals surface area contributed by atoms with E-state index < -0.39 is 0 Å². The average Bonchev–Trinajstić information content (AvgIpc) is 2.72. The van der Waals surface area contributed by atoms with Crippen LogP contribution in [0.15, 0.2) is 18.2 Å². The lowest BCUT2D eigenvalue weighted by Crippen LogP contribution is -2.34. The maximum Gasteiger partial charge on any atom is 0.255 e. The molecule has 0 saturated carbocycles. The van der Waals surface area contributed by atoms with Gasteiger partial charge in [-0.1, -0.05) is 18.5 Å². The highest BCUT2D eigenvalue weighted by Crippen LogP contribution is 2.30. The summed E-state index contributed by atoms with van der Waals surface area (Å²) < 4.78 is 1.03. The van der Waals surface area contributed by atoms with E-state index in [9.17, 15) is 4.79 Å². The molecule has 2 N–H and O–H groups in total. The molecule has 1 saturated heterocycles. The Bertz CT molecular complexity index is 484. The number of hydrogen-bond donors (Lipinski definition) is 1. The van der Waals surface area contributed by atoms with Gasteiger partial charge in [-0.3, -0.25) is 4.79 Å². The van der Waals surface area contributed by atoms with E-state index in [1.807, 2.05) is 17.0 Å². The maximum absolute atomic E-state index is 12.4. The second kappa shape index (κ2) is 6.61. The molecule has 0 radical (unpaired) electrons. The maximum atomic E-state index is 12.4. The van der Waals surface area contributed by atoms with Crippen molar-refractivity contribution in [2.45, 2.75) is 13.3 Å². The first kappa shape index (κ1) is 17.0. The molecule has 0 bridgehead atoms. The number of likely N-dealkylation sites (tertiary alicyclic amines) is 1. The Hall–Kier alpha value is -0.0400. The molecule has 0 aromatic heterocycles. The van der Waals surface area contributed by atoms with E-state index in [0.29, 0.717) is 23.7 Å². The van der Waals surface area contributed by atoms with E-state index in [4.69, 9.17) is 17.3 Å². The third-order valence-electron chi connectivity index (χ3n) is 3.50. The monoisotopic (exact) mass is 414 g/mol. The number of carbonyl (C=O) groups is 1. The van der Waals surface area contributed by atoms with Crippen LogP contribution in [0.25, 0.3) is 0 Å². The van der Waals surface area contributed by atoms with E-state index in [-0.39, 0.29) is 23.7 Å². The quantitative estimate of drug-likeness (QED) is 0.755. The lowest BCUT2D eigenvalue weighted by Gasteiger charge is -2.22. The van der Waals surface area contributed by atoms with Crippen LogP contribution in [-0.4, -0.2) is 30.4 Å². The number of rotatable bonds is 2. The van der Waals surface area contributed by atoms with Gasteiger partial charge in [-0.05, 0) is 59.2 Å². The van der Waals surface area contributed by atoms with Gasteiger partial charge >= 0.3 is 0 Å². The van der Waals surface area contributed by atoms with Crippen molar-refractivity contribution in [3.8, 4) is 0 Å². The standard InChI is InChI=1S/C13H16ClIN2O.ClH/c1-13(7-16)4-5-17(8-13)12(18)10-3-2-9(15)6-11(10)14;/h2-3,6H,4-5,7-8,16H2,1H3;1H. The summed E-state index contributed by atoms with van der Waals surface area (Å²) in [6.07, 6.45) is 0.956. The summed E-state index contributed by atoms with van der Waals surface area (Å²) in [5.74, 6) is 0.00794. The Morgan fingerprint density at radius 1 is 1.58 bits per heavy atom. The summed E-state index contributed by atoms with van der Waals surface area (Å²) in [5, 5.41) is 0.522. The molecule has 2 rings (SSSR count). The summed E-state index contributed by atoms with van der Waals surface area (Å²) in [4.78, 5) is 14.2. The minimum absolute atomic E-state index is 0. The first-order chi connectivity index (χ1) is 8.45. The van der Waals surface area contributed by atoms with Crippen molar-refractivity contribution in [3.05, 3.63) is 32.4 Å². The largest absolute Gasteiger partial charge is 0.338 e. The molecule has 6 heteroatoms. The number of halogens is 3. The third kappa shape index (κ3) is 3.74. The predicted molar refractivity (Wildman–Crippen MR) is 89.1 cm³/mol. The fourth-order valence-electron chi connectivity index (χ4n) is 2.20. The molecule has 3 nitrogen and oxygen atoms in total. The molecule has 1 aromatic carbocycles. The number of nitrogens with two attached hydrogens (primary N) is 1. The normalized spacial score (nSPS) is 22.2. The first-order valence-corrected chi connectivity index (χ1v) is 7.35. The van der Waals surface area contributed by atoms with Gasteiger partial charge in [0.05, 0.1) is 10.6 Å². The highest BCUT2D eigenvalue weighted by atomic mass is 127. The zero-order chi connectivity index (χ0) is 13.3. The minimum Gasteiger partial charge on any atom is -0.338 e. The number of carbonyl (C=O) groups excluding carboxylic acids is 1. The van der Waals surface area contributed by atoms with Crippen molar-refractivity contribution < 1.29 is 4.79 Å². The van der Waals surface area contributed by atoms with Crippen LogP contribution in [0.4, 0.5) is 0 Å². The molecule has 1 heterocycles. The third-order valence-corrected chi connectivity index (χ3v) is 4.48. The van der Waals surface area contributed by atoms with E-state index in [1.54, 1.807) is 6.07 Å². The predicted octanol–water partition coefficient (Wildman–Crippen LogP) is 3.18. The van der Waals surface area contributed by atoms with Gasteiger partial charge in [0.25, 0.3) is 5.91 Å². The SMILES string of the molecule is CC1(CN)CCN(C(=O)c2ccc(I)cc2Cl)C1.Cl. The summed E-state index contributed by atoms with van der Waals surface area (Å²) >= 11 is 8.31. The van der Waals surface area contributed by atoms with Crippen LogP contribution in [0.3, 0.4) is 0 Å². The van der Waals surface area contributed by atoms with Gasteiger partial charge in [0, 0.05) is 16.7 Å². The van der Waals surface area contributed by atoms with Gasteiger partial charge in [-0.15, -0.1) is 12.4 Å². The second-order valence-corrected chi connectivity index (χ2v) is 6.77. The molecule has 106 valence electrons. The van der Waals surface area contributed by atoms with Crippen LogP contribution in [-0.2, 0) is 0 Å². The summed E-state index contributed by atoms with van der Waals surface area (Å²) in [5.41, 5.74) is 6.38. The van der Waals surface area contributed by atoms with E-state index in [0.717, 1.165) is 16.5 Å². The van der Waals surface area contributed by atoms with Crippen molar-refractivity contribution in [1.29, 1.82) is 0 Å². The highest BCUT2D eigenvalue weighted by Gasteiger charge is 2.35. The molecule has 1 amide bonds. The molecule has 0 aliphatic carbocycles. The van der Waals surface area contributed by atoms with Gasteiger partial charge in [0.1, 0.15) is 0 Å². The van der Waals surface area contributed by atoms with Crippen LogP contribution in [0.2, 0.25) is 5.02 Å². The summed E-state index contributed by atoms with van der Waals surface area (Å²) in [6.45, 7) is 4.20. The zero-order valence-electron chi connectivity index (χ0n) is 10.7. The van der Waals surface area contributed by atoms with Crippen LogP contribution in [0, 0.1) is 8.99 Å². The van der Waals surface area contributed by atoms with Crippen molar-refractivity contribution >= 4 is 52.5 Å². The molecule has 1 aromatic rings. The molecule has 1 aliphatic heterocycles. The average molecular weight is 415 g/mol. The second-order valence-electron chi connectivity index (χ2n) is 5.12. The van der Waals surface area contributed by atoms with Gasteiger partial charge < -0.3 is 10.6 Å². The number of amides is 1. The first-order valence-electron chi connectivity index (χ1n) is 5.90. The Labute approximate surface area is 138 Å². The fourth-order valence-corrected chi connectivity index (χ4v) is 3.13. The molecule has 19 heavy (non-hydrogen) atoms. The van der Waals surface area contributed by atoms with Gasteiger partial charge in [-0.25, -0.2) is 0 Å².